The summed E-state index contributed by atoms with van der Waals surface area (Å²) in [7, 11) is 0. The molecule has 1 nitrogen and oxygen atoms in total. The van der Waals surface area contributed by atoms with Crippen LogP contribution in [0.3, 0.4) is 0 Å². The second kappa shape index (κ2) is 6.42. The standard InChI is InChI=1S/C16H22OS/c1-12-7-6-10-15(11-12)18-13(2)16(17)14-8-4-3-5-9-14/h3-5,8-9,12-13,15H,6-7,10-11H2,1-2H3. The molecule has 0 aliphatic heterocycles. The van der Waals surface area contributed by atoms with E-state index in [0.717, 1.165) is 11.5 Å². The fraction of sp³-hybridized carbons (Fsp3) is 0.562. The molecular formula is C16H22OS. The Kier molecular flexibility index (Phi) is 4.87. The molecule has 1 fully saturated rings. The van der Waals surface area contributed by atoms with Crippen molar-refractivity contribution in [2.24, 2.45) is 5.92 Å². The number of carbonyl (C=O) groups is 1. The smallest absolute Gasteiger partial charge is 0.175 e. The molecule has 3 atom stereocenters. The molecule has 0 aromatic heterocycles. The van der Waals surface area contributed by atoms with Gasteiger partial charge in [-0.15, -0.1) is 11.8 Å². The van der Waals surface area contributed by atoms with Crippen LogP contribution in [0, 0.1) is 5.92 Å². The third kappa shape index (κ3) is 3.61. The number of carbonyl (C=O) groups excluding carboxylic acids is 1. The number of thioether (sulfide) groups is 1. The Labute approximate surface area is 114 Å². The molecule has 0 saturated heterocycles. The van der Waals surface area contributed by atoms with Gasteiger partial charge in [-0.25, -0.2) is 0 Å². The molecule has 1 aliphatic rings. The van der Waals surface area contributed by atoms with E-state index in [-0.39, 0.29) is 11.0 Å². The van der Waals surface area contributed by atoms with Gasteiger partial charge in [0.2, 0.25) is 0 Å². The van der Waals surface area contributed by atoms with E-state index < -0.39 is 0 Å². The largest absolute Gasteiger partial charge is 0.293 e. The summed E-state index contributed by atoms with van der Waals surface area (Å²) in [4.78, 5) is 12.3. The van der Waals surface area contributed by atoms with Crippen molar-refractivity contribution in [1.29, 1.82) is 0 Å². The van der Waals surface area contributed by atoms with Crippen LogP contribution in [-0.2, 0) is 0 Å². The minimum absolute atomic E-state index is 0.0858. The second-order valence-corrected chi connectivity index (χ2v) is 7.05. The predicted octanol–water partition coefficient (Wildman–Crippen LogP) is 4.57. The van der Waals surface area contributed by atoms with Crippen molar-refractivity contribution in [2.75, 3.05) is 0 Å². The summed E-state index contributed by atoms with van der Waals surface area (Å²) in [5, 5.41) is 0.763. The molecule has 1 aromatic rings. The molecule has 0 bridgehead atoms. The Bertz CT molecular complexity index is 387. The molecule has 0 amide bonds. The zero-order valence-corrected chi connectivity index (χ0v) is 12.1. The normalized spacial score (nSPS) is 25.7. The highest BCUT2D eigenvalue weighted by Crippen LogP contribution is 2.34. The lowest BCUT2D eigenvalue weighted by atomic mass is 9.91. The van der Waals surface area contributed by atoms with Crippen LogP contribution in [-0.4, -0.2) is 16.3 Å². The maximum absolute atomic E-state index is 12.3. The Hall–Kier alpha value is -0.760. The van der Waals surface area contributed by atoms with Crippen LogP contribution >= 0.6 is 11.8 Å². The van der Waals surface area contributed by atoms with Gasteiger partial charge in [0.05, 0.1) is 5.25 Å². The van der Waals surface area contributed by atoms with Gasteiger partial charge < -0.3 is 0 Å². The highest BCUT2D eigenvalue weighted by molar-refractivity contribution is 8.01. The lowest BCUT2D eigenvalue weighted by Gasteiger charge is -2.28. The first kappa shape index (κ1) is 13.7. The lowest BCUT2D eigenvalue weighted by Crippen LogP contribution is -2.22. The van der Waals surface area contributed by atoms with Gasteiger partial charge >= 0.3 is 0 Å². The van der Waals surface area contributed by atoms with Crippen LogP contribution in [0.4, 0.5) is 0 Å². The maximum Gasteiger partial charge on any atom is 0.175 e. The summed E-state index contributed by atoms with van der Waals surface area (Å²) < 4.78 is 0. The fourth-order valence-corrected chi connectivity index (χ4v) is 4.27. The van der Waals surface area contributed by atoms with E-state index in [2.05, 4.69) is 13.8 Å². The molecule has 1 aliphatic carbocycles. The van der Waals surface area contributed by atoms with Crippen molar-refractivity contribution >= 4 is 17.5 Å². The van der Waals surface area contributed by atoms with Crippen molar-refractivity contribution in [1.82, 2.24) is 0 Å². The number of Topliss-reactive ketones (excluding diaryl/α,β-unsaturated/α-hetero) is 1. The summed E-state index contributed by atoms with van der Waals surface area (Å²) in [6.07, 6.45) is 5.24. The van der Waals surface area contributed by atoms with Crippen molar-refractivity contribution in [3.05, 3.63) is 35.9 Å². The van der Waals surface area contributed by atoms with Crippen molar-refractivity contribution in [2.45, 2.75) is 50.0 Å². The summed E-state index contributed by atoms with van der Waals surface area (Å²) >= 11 is 1.88. The molecule has 0 spiro atoms. The summed E-state index contributed by atoms with van der Waals surface area (Å²) in [6, 6.07) is 9.67. The van der Waals surface area contributed by atoms with E-state index in [1.807, 2.05) is 42.1 Å². The quantitative estimate of drug-likeness (QED) is 0.739. The van der Waals surface area contributed by atoms with Gasteiger partial charge in [-0.2, -0.15) is 0 Å². The molecule has 0 N–H and O–H groups in total. The van der Waals surface area contributed by atoms with Crippen LogP contribution in [0.1, 0.15) is 49.9 Å². The molecule has 98 valence electrons. The Balaban J connectivity index is 1.91. The van der Waals surface area contributed by atoms with Crippen LogP contribution < -0.4 is 0 Å². The summed E-state index contributed by atoms with van der Waals surface area (Å²) in [5.74, 6) is 1.11. The topological polar surface area (TPSA) is 17.1 Å². The fourth-order valence-electron chi connectivity index (χ4n) is 2.69. The lowest BCUT2D eigenvalue weighted by molar-refractivity contribution is 0.0993. The first-order valence-electron chi connectivity index (χ1n) is 6.91. The van der Waals surface area contributed by atoms with Gasteiger partial charge in [-0.3, -0.25) is 4.79 Å². The van der Waals surface area contributed by atoms with Crippen molar-refractivity contribution in [3.63, 3.8) is 0 Å². The average molecular weight is 262 g/mol. The molecule has 0 radical (unpaired) electrons. The first-order chi connectivity index (χ1) is 8.66. The molecule has 2 heteroatoms. The molecule has 1 saturated carbocycles. The van der Waals surface area contributed by atoms with Crippen molar-refractivity contribution in [3.8, 4) is 0 Å². The number of hydrogen-bond donors (Lipinski definition) is 0. The Morgan fingerprint density at radius 2 is 2.00 bits per heavy atom. The van der Waals surface area contributed by atoms with Crippen molar-refractivity contribution < 1.29 is 4.79 Å². The molecule has 0 heterocycles. The molecule has 2 rings (SSSR count). The average Bonchev–Trinajstić information content (AvgIpc) is 2.39. The number of rotatable bonds is 4. The minimum Gasteiger partial charge on any atom is -0.293 e. The summed E-state index contributed by atoms with van der Waals surface area (Å²) in [5.41, 5.74) is 0.848. The zero-order chi connectivity index (χ0) is 13.0. The molecular weight excluding hydrogens is 240 g/mol. The van der Waals surface area contributed by atoms with E-state index in [0.29, 0.717) is 5.25 Å². The summed E-state index contributed by atoms with van der Waals surface area (Å²) in [6.45, 7) is 4.38. The van der Waals surface area contributed by atoms with E-state index >= 15 is 0 Å². The van der Waals surface area contributed by atoms with Gasteiger partial charge in [0.1, 0.15) is 0 Å². The predicted molar refractivity (Wildman–Crippen MR) is 79.2 cm³/mol. The van der Waals surface area contributed by atoms with Crippen LogP contribution in [0.2, 0.25) is 0 Å². The van der Waals surface area contributed by atoms with Gasteiger partial charge in [-0.1, -0.05) is 50.1 Å². The van der Waals surface area contributed by atoms with Gasteiger partial charge in [-0.05, 0) is 25.7 Å². The number of ketones is 1. The van der Waals surface area contributed by atoms with Gasteiger partial charge in [0.15, 0.2) is 5.78 Å². The highest BCUT2D eigenvalue weighted by Gasteiger charge is 2.24. The third-order valence-electron chi connectivity index (χ3n) is 3.71. The van der Waals surface area contributed by atoms with E-state index in [9.17, 15) is 4.79 Å². The third-order valence-corrected chi connectivity index (χ3v) is 5.15. The maximum atomic E-state index is 12.3. The van der Waals surface area contributed by atoms with Gasteiger partial charge in [0.25, 0.3) is 0 Å². The van der Waals surface area contributed by atoms with Gasteiger partial charge in [0, 0.05) is 10.8 Å². The minimum atomic E-state index is 0.0858. The molecule has 3 unspecified atom stereocenters. The first-order valence-corrected chi connectivity index (χ1v) is 7.86. The van der Waals surface area contributed by atoms with Crippen LogP contribution in [0.5, 0.6) is 0 Å². The highest BCUT2D eigenvalue weighted by atomic mass is 32.2. The Morgan fingerprint density at radius 3 is 2.67 bits per heavy atom. The monoisotopic (exact) mass is 262 g/mol. The van der Waals surface area contributed by atoms with E-state index in [1.165, 1.54) is 25.7 Å². The van der Waals surface area contributed by atoms with E-state index in [1.54, 1.807) is 0 Å². The number of hydrogen-bond acceptors (Lipinski definition) is 2. The number of benzene rings is 1. The van der Waals surface area contributed by atoms with E-state index in [4.69, 9.17) is 0 Å². The molecule has 18 heavy (non-hydrogen) atoms. The van der Waals surface area contributed by atoms with Crippen LogP contribution in [0.15, 0.2) is 30.3 Å². The van der Waals surface area contributed by atoms with Crippen LogP contribution in [0.25, 0.3) is 0 Å². The molecule has 1 aromatic carbocycles. The second-order valence-electron chi connectivity index (χ2n) is 5.40. The SMILES string of the molecule is CC1CCCC(SC(C)C(=O)c2ccccc2)C1. The zero-order valence-electron chi connectivity index (χ0n) is 11.3. The Morgan fingerprint density at radius 1 is 1.28 bits per heavy atom.